The normalized spacial score (nSPS) is 12.1. The Morgan fingerprint density at radius 2 is 1.71 bits per heavy atom. The van der Waals surface area contributed by atoms with E-state index in [1.54, 1.807) is 20.8 Å². The van der Waals surface area contributed by atoms with E-state index in [0.29, 0.717) is 17.5 Å². The lowest BCUT2D eigenvalue weighted by Crippen LogP contribution is -2.36. The second-order valence-corrected chi connectivity index (χ2v) is 14.4. The van der Waals surface area contributed by atoms with E-state index in [-0.39, 0.29) is 52.5 Å². The zero-order chi connectivity index (χ0) is 38.4. The van der Waals surface area contributed by atoms with Gasteiger partial charge >= 0.3 is 18.0 Å². The summed E-state index contributed by atoms with van der Waals surface area (Å²) in [4.78, 5) is 38.0. The van der Waals surface area contributed by atoms with Crippen molar-refractivity contribution in [3.8, 4) is 16.8 Å². The number of methoxy groups -OCH3 is 1. The molecule has 0 spiro atoms. The molecule has 280 valence electrons. The van der Waals surface area contributed by atoms with E-state index in [4.69, 9.17) is 9.47 Å². The summed E-state index contributed by atoms with van der Waals surface area (Å²) < 4.78 is 98.1. The molecule has 2 amide bonds. The second-order valence-electron chi connectivity index (χ2n) is 12.7. The van der Waals surface area contributed by atoms with Crippen LogP contribution in [0.5, 0.6) is 0 Å². The number of ether oxygens (including phenoxy) is 2. The van der Waals surface area contributed by atoms with Gasteiger partial charge in [0.2, 0.25) is 5.91 Å². The maximum atomic E-state index is 15.8. The standard InChI is InChI=1S/C35H39F4N5O7S/c1-6-7-12-30-41-44(28-20-24(40-31(45)17-18-50-5)15-16-26(28)35(37,38)39)33(47)43(30)21-23-14-13-22(19-27(23)36)25-10-8-9-11-29(25)52(48,49)42-32(46)51-34(2,3)4/h8-11,13-16,19-20H,6-7,12,17-18,21H2,1-5H3,(H,40,45)(H,42,46). The summed E-state index contributed by atoms with van der Waals surface area (Å²) in [6.07, 6.45) is -4.79. The lowest BCUT2D eigenvalue weighted by atomic mass is 10.0. The van der Waals surface area contributed by atoms with Crippen molar-refractivity contribution in [2.75, 3.05) is 19.0 Å². The van der Waals surface area contributed by atoms with Gasteiger partial charge in [-0.3, -0.25) is 9.36 Å². The maximum Gasteiger partial charge on any atom is 0.421 e. The van der Waals surface area contributed by atoms with Crippen molar-refractivity contribution in [3.63, 3.8) is 0 Å². The fourth-order valence-electron chi connectivity index (χ4n) is 5.13. The molecule has 0 unspecified atom stereocenters. The first-order valence-electron chi connectivity index (χ1n) is 16.2. The monoisotopic (exact) mass is 749 g/mol. The number of anilines is 1. The molecule has 4 rings (SSSR count). The van der Waals surface area contributed by atoms with Crippen molar-refractivity contribution >= 4 is 27.7 Å². The van der Waals surface area contributed by atoms with Gasteiger partial charge in [0.1, 0.15) is 17.2 Å². The Bertz CT molecular complexity index is 2110. The number of halogens is 4. The molecule has 4 aromatic rings. The topological polar surface area (TPSA) is 151 Å². The van der Waals surface area contributed by atoms with Crippen LogP contribution in [0.2, 0.25) is 0 Å². The molecule has 0 atom stereocenters. The average Bonchev–Trinajstić information content (AvgIpc) is 3.36. The van der Waals surface area contributed by atoms with Crippen molar-refractivity contribution in [2.45, 2.75) is 76.6 Å². The van der Waals surface area contributed by atoms with Gasteiger partial charge in [0.25, 0.3) is 10.0 Å². The summed E-state index contributed by atoms with van der Waals surface area (Å²) in [5.41, 5.74) is -3.62. The fourth-order valence-corrected chi connectivity index (χ4v) is 6.24. The number of sulfonamides is 1. The first-order valence-corrected chi connectivity index (χ1v) is 17.7. The van der Waals surface area contributed by atoms with Crippen molar-refractivity contribution in [2.24, 2.45) is 0 Å². The third kappa shape index (κ3) is 9.85. The molecule has 1 aromatic heterocycles. The molecule has 0 bridgehead atoms. The molecule has 52 heavy (non-hydrogen) atoms. The molecule has 0 saturated heterocycles. The molecular formula is C35H39F4N5O7S. The summed E-state index contributed by atoms with van der Waals surface area (Å²) in [7, 11) is -3.07. The molecular weight excluding hydrogens is 710 g/mol. The van der Waals surface area contributed by atoms with Crippen LogP contribution in [0.1, 0.15) is 63.9 Å². The van der Waals surface area contributed by atoms with Crippen LogP contribution in [0.25, 0.3) is 16.8 Å². The van der Waals surface area contributed by atoms with Crippen LogP contribution in [0.4, 0.5) is 28.0 Å². The van der Waals surface area contributed by atoms with E-state index >= 15 is 4.39 Å². The number of aryl methyl sites for hydroxylation is 1. The number of rotatable bonds is 13. The number of carbonyl (C=O) groups is 2. The minimum absolute atomic E-state index is 0.00844. The Morgan fingerprint density at radius 3 is 2.35 bits per heavy atom. The number of nitrogens with zero attached hydrogens (tertiary/aromatic N) is 3. The largest absolute Gasteiger partial charge is 0.443 e. The van der Waals surface area contributed by atoms with Crippen LogP contribution in [0, 0.1) is 5.82 Å². The van der Waals surface area contributed by atoms with Crippen LogP contribution in [-0.4, -0.2) is 54.1 Å². The second kappa shape index (κ2) is 16.1. The van der Waals surface area contributed by atoms with Crippen LogP contribution in [-0.2, 0) is 43.4 Å². The van der Waals surface area contributed by atoms with Gasteiger partial charge in [-0.2, -0.15) is 17.9 Å². The lowest BCUT2D eigenvalue weighted by Gasteiger charge is -2.20. The highest BCUT2D eigenvalue weighted by molar-refractivity contribution is 7.90. The highest BCUT2D eigenvalue weighted by atomic mass is 32.2. The summed E-state index contributed by atoms with van der Waals surface area (Å²) in [6, 6.07) is 12.2. The van der Waals surface area contributed by atoms with E-state index in [0.717, 1.165) is 28.8 Å². The molecule has 17 heteroatoms. The minimum atomic E-state index is -4.89. The number of unbranched alkanes of at least 4 members (excludes halogenated alkanes) is 1. The zero-order valence-corrected chi connectivity index (χ0v) is 30.0. The minimum Gasteiger partial charge on any atom is -0.443 e. The molecule has 1 heterocycles. The third-order valence-corrected chi connectivity index (χ3v) is 8.90. The molecule has 0 aliphatic carbocycles. The number of benzene rings is 3. The first kappa shape index (κ1) is 39.8. The quantitative estimate of drug-likeness (QED) is 0.148. The average molecular weight is 750 g/mol. The molecule has 0 fully saturated rings. The van der Waals surface area contributed by atoms with Crippen molar-refractivity contribution in [3.05, 3.63) is 93.9 Å². The number of carbonyl (C=O) groups excluding carboxylic acids is 2. The van der Waals surface area contributed by atoms with Crippen molar-refractivity contribution in [1.29, 1.82) is 0 Å². The third-order valence-electron chi connectivity index (χ3n) is 7.53. The van der Waals surface area contributed by atoms with E-state index in [1.807, 2.05) is 11.6 Å². The summed E-state index contributed by atoms with van der Waals surface area (Å²) >= 11 is 0. The van der Waals surface area contributed by atoms with Gasteiger partial charge in [-0.15, -0.1) is 5.10 Å². The molecule has 0 radical (unpaired) electrons. The maximum absolute atomic E-state index is 15.8. The highest BCUT2D eigenvalue weighted by Crippen LogP contribution is 2.35. The smallest absolute Gasteiger partial charge is 0.421 e. The molecule has 12 nitrogen and oxygen atoms in total. The summed E-state index contributed by atoms with van der Waals surface area (Å²) in [5.74, 6) is -1.27. The lowest BCUT2D eigenvalue weighted by molar-refractivity contribution is -0.137. The molecule has 0 aliphatic rings. The molecule has 2 N–H and O–H groups in total. The van der Waals surface area contributed by atoms with Crippen LogP contribution in [0.3, 0.4) is 0 Å². The first-order chi connectivity index (χ1) is 24.3. The Kier molecular flexibility index (Phi) is 12.3. The van der Waals surface area contributed by atoms with Gasteiger partial charge < -0.3 is 14.8 Å². The van der Waals surface area contributed by atoms with E-state index < -0.39 is 63.1 Å². The number of alkyl halides is 3. The van der Waals surface area contributed by atoms with E-state index in [1.165, 1.54) is 43.5 Å². The predicted octanol–water partition coefficient (Wildman–Crippen LogP) is 6.44. The van der Waals surface area contributed by atoms with Gasteiger partial charge in [-0.1, -0.05) is 43.7 Å². The van der Waals surface area contributed by atoms with Gasteiger partial charge in [-0.25, -0.2) is 27.1 Å². The van der Waals surface area contributed by atoms with Gasteiger partial charge in [-0.05, 0) is 63.1 Å². The zero-order valence-electron chi connectivity index (χ0n) is 29.1. The Hall–Kier alpha value is -5.03. The van der Waals surface area contributed by atoms with Gasteiger partial charge in [0, 0.05) is 30.3 Å². The van der Waals surface area contributed by atoms with Gasteiger partial charge in [0.05, 0.1) is 35.7 Å². The molecule has 0 aliphatic heterocycles. The van der Waals surface area contributed by atoms with Crippen LogP contribution >= 0.6 is 0 Å². The number of nitrogens with one attached hydrogen (secondary N) is 2. The predicted molar refractivity (Wildman–Crippen MR) is 184 cm³/mol. The fraction of sp³-hybridized carbons (Fsp3) is 0.371. The van der Waals surface area contributed by atoms with Crippen LogP contribution in [0.15, 0.2) is 70.4 Å². The highest BCUT2D eigenvalue weighted by Gasteiger charge is 2.35. The summed E-state index contributed by atoms with van der Waals surface area (Å²) in [5, 5.41) is 6.73. The SMILES string of the molecule is CCCCc1nn(-c2cc(NC(=O)CCOC)ccc2C(F)(F)F)c(=O)n1Cc1ccc(-c2ccccc2S(=O)(=O)NC(=O)OC(C)(C)C)cc1F. The Morgan fingerprint density at radius 1 is 1.00 bits per heavy atom. The van der Waals surface area contributed by atoms with Gasteiger partial charge in [0.15, 0.2) is 0 Å². The van der Waals surface area contributed by atoms with Crippen molar-refractivity contribution in [1.82, 2.24) is 19.1 Å². The Labute approximate surface area is 297 Å². The molecule has 3 aromatic carbocycles. The van der Waals surface area contributed by atoms with Crippen molar-refractivity contribution < 1.29 is 45.0 Å². The molecule has 0 saturated carbocycles. The van der Waals surface area contributed by atoms with Crippen LogP contribution < -0.4 is 15.7 Å². The van der Waals surface area contributed by atoms with E-state index in [2.05, 4.69) is 10.4 Å². The van der Waals surface area contributed by atoms with E-state index in [9.17, 15) is 36.0 Å². The summed E-state index contributed by atoms with van der Waals surface area (Å²) in [6.45, 7) is 6.23. The number of hydrogen-bond donors (Lipinski definition) is 2. The number of aromatic nitrogens is 3. The number of amides is 2. The number of hydrogen-bond acceptors (Lipinski definition) is 8. The Balaban J connectivity index is 1.74.